The minimum absolute atomic E-state index is 0.0432. The van der Waals surface area contributed by atoms with Gasteiger partial charge in [-0.25, -0.2) is 0 Å². The zero-order valence-electron chi connectivity index (χ0n) is 14.6. The molecule has 140 valence electrons. The number of carbonyl (C=O) groups excluding carboxylic acids is 1. The number of methoxy groups -OCH3 is 1. The average molecular weight is 380 g/mol. The number of ether oxygens (including phenoxy) is 1. The molecule has 1 spiro atoms. The van der Waals surface area contributed by atoms with E-state index in [4.69, 9.17) is 9.84 Å². The molecular weight excluding hydrogens is 360 g/mol. The molecule has 0 aromatic heterocycles. The number of benzene rings is 1. The van der Waals surface area contributed by atoms with Crippen LogP contribution in [0.3, 0.4) is 0 Å². The fraction of sp³-hybridized carbons (Fsp3) is 0.529. The maximum atomic E-state index is 12.9. The summed E-state index contributed by atoms with van der Waals surface area (Å²) >= 11 is 1.35. The largest absolute Gasteiger partial charge is 0.495 e. The standard InChI is InChI=1S/C17H20N2O6S/c1-25-13-8-12(19(23)24)10(7-14(13)26-2)15(20)18-5-3-17(4-6-18)9-11(17)16(21)22/h7-8,11H,3-6,9H2,1-2H3,(H,21,22). The van der Waals surface area contributed by atoms with E-state index in [0.717, 1.165) is 0 Å². The van der Waals surface area contributed by atoms with E-state index in [-0.39, 0.29) is 22.6 Å². The number of nitrogens with zero attached hydrogens (tertiary/aromatic N) is 2. The number of thioether (sulfide) groups is 1. The van der Waals surface area contributed by atoms with E-state index >= 15 is 0 Å². The van der Waals surface area contributed by atoms with E-state index in [1.165, 1.54) is 31.0 Å². The normalized spacial score (nSPS) is 20.7. The van der Waals surface area contributed by atoms with Crippen molar-refractivity contribution < 1.29 is 24.4 Å². The molecule has 1 saturated heterocycles. The van der Waals surface area contributed by atoms with Crippen LogP contribution in [0.4, 0.5) is 5.69 Å². The number of hydrogen-bond acceptors (Lipinski definition) is 6. The van der Waals surface area contributed by atoms with Gasteiger partial charge < -0.3 is 14.7 Å². The molecule has 9 heteroatoms. The molecule has 0 radical (unpaired) electrons. The topological polar surface area (TPSA) is 110 Å². The van der Waals surface area contributed by atoms with E-state index in [9.17, 15) is 19.7 Å². The Bertz CT molecular complexity index is 773. The van der Waals surface area contributed by atoms with E-state index in [2.05, 4.69) is 0 Å². The highest BCUT2D eigenvalue weighted by Gasteiger charge is 2.59. The first-order valence-corrected chi connectivity index (χ1v) is 9.48. The summed E-state index contributed by atoms with van der Waals surface area (Å²) in [6.45, 7) is 0.834. The second-order valence-corrected chi connectivity index (χ2v) is 7.58. The van der Waals surface area contributed by atoms with Crippen molar-refractivity contribution in [1.29, 1.82) is 0 Å². The summed E-state index contributed by atoms with van der Waals surface area (Å²) in [5.41, 5.74) is -0.430. The van der Waals surface area contributed by atoms with Gasteiger partial charge >= 0.3 is 5.97 Å². The Balaban J connectivity index is 1.82. The molecule has 8 nitrogen and oxygen atoms in total. The van der Waals surface area contributed by atoms with Gasteiger partial charge in [-0.3, -0.25) is 19.7 Å². The lowest BCUT2D eigenvalue weighted by molar-refractivity contribution is -0.385. The maximum Gasteiger partial charge on any atom is 0.307 e. The molecule has 1 N–H and O–H groups in total. The number of aliphatic carboxylic acids is 1. The van der Waals surface area contributed by atoms with Crippen molar-refractivity contribution in [2.45, 2.75) is 24.2 Å². The molecule has 1 aromatic carbocycles. The smallest absolute Gasteiger partial charge is 0.307 e. The zero-order chi connectivity index (χ0) is 19.1. The van der Waals surface area contributed by atoms with Crippen molar-refractivity contribution in [3.05, 3.63) is 27.8 Å². The quantitative estimate of drug-likeness (QED) is 0.475. The number of nitro groups is 1. The van der Waals surface area contributed by atoms with Crippen molar-refractivity contribution in [3.8, 4) is 5.75 Å². The van der Waals surface area contributed by atoms with Gasteiger partial charge in [0.1, 0.15) is 11.3 Å². The number of likely N-dealkylation sites (tertiary alicyclic amines) is 1. The van der Waals surface area contributed by atoms with E-state index in [0.29, 0.717) is 43.0 Å². The lowest BCUT2D eigenvalue weighted by atomic mass is 9.90. The molecule has 1 heterocycles. The van der Waals surface area contributed by atoms with Gasteiger partial charge in [-0.05, 0) is 37.0 Å². The summed E-state index contributed by atoms with van der Waals surface area (Å²) in [5, 5.41) is 20.6. The number of rotatable bonds is 5. The highest BCUT2D eigenvalue weighted by Crippen LogP contribution is 2.59. The van der Waals surface area contributed by atoms with E-state index < -0.39 is 16.8 Å². The average Bonchev–Trinajstić information content (AvgIpc) is 3.34. The Kier molecular flexibility index (Phi) is 4.83. The van der Waals surface area contributed by atoms with Crippen LogP contribution in [0.5, 0.6) is 5.75 Å². The summed E-state index contributed by atoms with van der Waals surface area (Å²) in [6, 6.07) is 2.79. The first kappa shape index (κ1) is 18.5. The Morgan fingerprint density at radius 2 is 2.04 bits per heavy atom. The summed E-state index contributed by atoms with van der Waals surface area (Å²) in [7, 11) is 1.43. The third-order valence-corrected chi connectivity index (χ3v) is 6.22. The predicted octanol–water partition coefficient (Wildman–Crippen LogP) is 2.65. The van der Waals surface area contributed by atoms with Crippen molar-refractivity contribution >= 4 is 29.3 Å². The summed E-state index contributed by atoms with van der Waals surface area (Å²) in [5.74, 6) is -1.13. The van der Waals surface area contributed by atoms with Gasteiger partial charge in [0.05, 0.1) is 28.9 Å². The second kappa shape index (κ2) is 6.79. The number of piperidine rings is 1. The van der Waals surface area contributed by atoms with Crippen LogP contribution in [-0.2, 0) is 4.79 Å². The van der Waals surface area contributed by atoms with Crippen LogP contribution >= 0.6 is 11.8 Å². The number of hydrogen-bond donors (Lipinski definition) is 1. The van der Waals surface area contributed by atoms with Gasteiger partial charge in [0.2, 0.25) is 0 Å². The molecule has 1 saturated carbocycles. The first-order chi connectivity index (χ1) is 12.3. The molecule has 1 amide bonds. The van der Waals surface area contributed by atoms with E-state index in [1.54, 1.807) is 4.90 Å². The number of amides is 1. The highest BCUT2D eigenvalue weighted by atomic mass is 32.2. The van der Waals surface area contributed by atoms with Gasteiger partial charge in [0.15, 0.2) is 0 Å². The van der Waals surface area contributed by atoms with Crippen molar-refractivity contribution in [2.24, 2.45) is 11.3 Å². The van der Waals surface area contributed by atoms with E-state index in [1.807, 2.05) is 6.26 Å². The van der Waals surface area contributed by atoms with Gasteiger partial charge in [-0.15, -0.1) is 11.8 Å². The third kappa shape index (κ3) is 3.11. The van der Waals surface area contributed by atoms with Gasteiger partial charge in [0, 0.05) is 13.1 Å². The molecule has 1 aromatic rings. The fourth-order valence-electron chi connectivity index (χ4n) is 3.77. The molecule has 3 rings (SSSR count). The Labute approximate surface area is 154 Å². The van der Waals surface area contributed by atoms with Crippen LogP contribution in [0.25, 0.3) is 0 Å². The highest BCUT2D eigenvalue weighted by molar-refractivity contribution is 7.98. The van der Waals surface area contributed by atoms with Crippen LogP contribution in [0, 0.1) is 21.4 Å². The Hall–Kier alpha value is -2.29. The van der Waals surface area contributed by atoms with Crippen LogP contribution in [0.2, 0.25) is 0 Å². The van der Waals surface area contributed by atoms with Crippen LogP contribution < -0.4 is 4.74 Å². The molecule has 0 bridgehead atoms. The van der Waals surface area contributed by atoms with Gasteiger partial charge in [-0.1, -0.05) is 0 Å². The number of nitro benzene ring substituents is 1. The summed E-state index contributed by atoms with van der Waals surface area (Å²) in [4.78, 5) is 37.1. The lowest BCUT2D eigenvalue weighted by Crippen LogP contribution is -2.40. The number of carbonyl (C=O) groups is 2. The zero-order valence-corrected chi connectivity index (χ0v) is 15.4. The lowest BCUT2D eigenvalue weighted by Gasteiger charge is -2.32. The van der Waals surface area contributed by atoms with Crippen molar-refractivity contribution in [3.63, 3.8) is 0 Å². The predicted molar refractivity (Wildman–Crippen MR) is 94.7 cm³/mol. The van der Waals surface area contributed by atoms with Gasteiger partial charge in [0.25, 0.3) is 11.6 Å². The van der Waals surface area contributed by atoms with Crippen LogP contribution in [-0.4, -0.2) is 53.3 Å². The molecule has 26 heavy (non-hydrogen) atoms. The number of carboxylic acid groups (broad SMARTS) is 1. The third-order valence-electron chi connectivity index (χ3n) is 5.46. The molecule has 2 fully saturated rings. The number of carboxylic acids is 1. The Morgan fingerprint density at radius 3 is 2.50 bits per heavy atom. The summed E-state index contributed by atoms with van der Waals surface area (Å²) in [6.07, 6.45) is 3.70. The fourth-order valence-corrected chi connectivity index (χ4v) is 4.34. The molecule has 1 aliphatic carbocycles. The van der Waals surface area contributed by atoms with Crippen molar-refractivity contribution in [1.82, 2.24) is 4.90 Å². The van der Waals surface area contributed by atoms with Crippen LogP contribution in [0.15, 0.2) is 17.0 Å². The monoisotopic (exact) mass is 380 g/mol. The molecule has 2 aliphatic rings. The Morgan fingerprint density at radius 1 is 1.38 bits per heavy atom. The molecule has 1 aliphatic heterocycles. The first-order valence-electron chi connectivity index (χ1n) is 8.25. The SMILES string of the molecule is COc1cc([N+](=O)[O-])c(C(=O)N2CCC3(CC2)CC3C(=O)O)cc1SC. The molecular formula is C17H20N2O6S. The minimum atomic E-state index is -0.778. The van der Waals surface area contributed by atoms with Crippen LogP contribution in [0.1, 0.15) is 29.6 Å². The van der Waals surface area contributed by atoms with Crippen molar-refractivity contribution in [2.75, 3.05) is 26.5 Å². The second-order valence-electron chi connectivity index (χ2n) is 6.73. The minimum Gasteiger partial charge on any atom is -0.495 e. The summed E-state index contributed by atoms with van der Waals surface area (Å²) < 4.78 is 5.17. The molecule has 1 unspecified atom stereocenters. The molecule has 1 atom stereocenters. The maximum absolute atomic E-state index is 12.9. The van der Waals surface area contributed by atoms with Gasteiger partial charge in [-0.2, -0.15) is 0 Å².